The Labute approximate surface area is 225 Å². The van der Waals surface area contributed by atoms with Crippen LogP contribution in [0.15, 0.2) is 49.1 Å². The molecule has 0 aliphatic rings. The number of alkyl halides is 2. The second kappa shape index (κ2) is 18.2. The lowest BCUT2D eigenvalue weighted by atomic mass is 10.1. The average Bonchev–Trinajstić information content (AvgIpc) is 2.87. The fourth-order valence-corrected chi connectivity index (χ4v) is 5.06. The number of nitrogens with one attached hydrogen (secondary N) is 2. The second-order valence-electron chi connectivity index (χ2n) is 9.20. The Bertz CT molecular complexity index is 687. The smallest absolute Gasteiger partial charge is 0.212 e. The van der Waals surface area contributed by atoms with Gasteiger partial charge in [-0.25, -0.2) is 0 Å². The van der Waals surface area contributed by atoms with Crippen LogP contribution in [-0.4, -0.2) is 13.1 Å². The quantitative estimate of drug-likeness (QED) is 0.0969. The summed E-state index contributed by atoms with van der Waals surface area (Å²) in [6.45, 7) is 6.64. The third-order valence-corrected chi connectivity index (χ3v) is 8.08. The van der Waals surface area contributed by atoms with Gasteiger partial charge in [-0.15, -0.1) is 0 Å². The van der Waals surface area contributed by atoms with Crippen LogP contribution in [-0.2, 0) is 0 Å². The largest absolute Gasteiger partial charge is 0.385 e. The van der Waals surface area contributed by atoms with Crippen LogP contribution in [0.25, 0.3) is 0 Å². The number of aromatic nitrogens is 2. The Morgan fingerprint density at radius 1 is 0.588 bits per heavy atom. The molecule has 0 fully saturated rings. The Balaban J connectivity index is 1.67. The van der Waals surface area contributed by atoms with E-state index in [9.17, 15) is 0 Å². The molecule has 2 aromatic rings. The van der Waals surface area contributed by atoms with Gasteiger partial charge in [0.15, 0.2) is 24.8 Å². The molecular weight excluding hydrogens is 552 g/mol. The minimum Gasteiger partial charge on any atom is -0.385 e. The molecule has 0 spiro atoms. The van der Waals surface area contributed by atoms with Gasteiger partial charge < -0.3 is 10.6 Å². The molecule has 0 saturated heterocycles. The number of unbranched alkanes of at least 4 members (excludes halogenated alkanes) is 8. The number of pyridine rings is 2. The summed E-state index contributed by atoms with van der Waals surface area (Å²) in [6, 6.07) is 8.71. The molecular formula is C28H46Br2N4+2. The highest BCUT2D eigenvalue weighted by Crippen LogP contribution is 2.22. The maximum absolute atomic E-state index is 3.86. The lowest BCUT2D eigenvalue weighted by Crippen LogP contribution is -2.38. The van der Waals surface area contributed by atoms with E-state index in [-0.39, 0.29) is 9.90 Å². The van der Waals surface area contributed by atoms with Crippen molar-refractivity contribution in [1.82, 2.24) is 0 Å². The van der Waals surface area contributed by atoms with E-state index in [1.54, 1.807) is 0 Å². The SMILES string of the molecule is CCCCCCCNc1cc[n+](C(Br)CCC(Br)[n+]2ccc(NCCCCCCC)cc2)cc1. The first-order valence-electron chi connectivity index (χ1n) is 13.4. The molecule has 0 saturated carbocycles. The summed E-state index contributed by atoms with van der Waals surface area (Å²) in [6.07, 6.45) is 23.9. The molecule has 2 rings (SSSR count). The summed E-state index contributed by atoms with van der Waals surface area (Å²) < 4.78 is 4.48. The molecule has 2 heterocycles. The molecule has 2 N–H and O–H groups in total. The molecule has 2 unspecified atom stereocenters. The van der Waals surface area contributed by atoms with Crippen molar-refractivity contribution in [3.05, 3.63) is 49.1 Å². The number of nitrogens with zero attached hydrogens (tertiary/aromatic N) is 2. The molecule has 0 aromatic carbocycles. The standard InChI is InChI=1S/C28H44Br2N4/c1-3-5-7-9-11-19-31-25-15-21-33(22-16-25)27(29)13-14-28(30)34-23-17-26(18-24-34)32-20-12-10-8-6-4-2/h15-18,21-24,27-28H,3-14,19-20H2,1-2H3/p+2. The number of hydrogen-bond acceptors (Lipinski definition) is 2. The lowest BCUT2D eigenvalue weighted by molar-refractivity contribution is -0.709. The van der Waals surface area contributed by atoms with Crippen LogP contribution >= 0.6 is 31.9 Å². The van der Waals surface area contributed by atoms with E-state index in [4.69, 9.17) is 0 Å². The van der Waals surface area contributed by atoms with Gasteiger partial charge in [0.05, 0.1) is 0 Å². The van der Waals surface area contributed by atoms with E-state index >= 15 is 0 Å². The van der Waals surface area contributed by atoms with Crippen molar-refractivity contribution in [1.29, 1.82) is 0 Å². The summed E-state index contributed by atoms with van der Waals surface area (Å²) in [5.74, 6) is 0. The first-order valence-corrected chi connectivity index (χ1v) is 15.2. The first kappa shape index (κ1) is 29.1. The Kier molecular flexibility index (Phi) is 15.6. The predicted molar refractivity (Wildman–Crippen MR) is 153 cm³/mol. The molecule has 190 valence electrons. The fourth-order valence-electron chi connectivity index (χ4n) is 3.98. The van der Waals surface area contributed by atoms with Gasteiger partial charge in [0, 0.05) is 61.6 Å². The highest BCUT2D eigenvalue weighted by atomic mass is 79.9. The Hall–Kier alpha value is -1.14. The predicted octanol–water partition coefficient (Wildman–Crippen LogP) is 8.29. The maximum atomic E-state index is 3.86. The van der Waals surface area contributed by atoms with Crippen LogP contribution in [0.4, 0.5) is 11.4 Å². The average molecular weight is 599 g/mol. The summed E-state index contributed by atoms with van der Waals surface area (Å²) in [5.41, 5.74) is 2.41. The third kappa shape index (κ3) is 12.0. The second-order valence-corrected chi connectivity index (χ2v) is 11.3. The van der Waals surface area contributed by atoms with Crippen molar-refractivity contribution in [2.45, 2.75) is 101 Å². The van der Waals surface area contributed by atoms with E-state index < -0.39 is 0 Å². The number of anilines is 2. The first-order chi connectivity index (χ1) is 16.6. The number of hydrogen-bond donors (Lipinski definition) is 2. The van der Waals surface area contributed by atoms with Gasteiger partial charge in [-0.1, -0.05) is 65.2 Å². The fraction of sp³-hybridized carbons (Fsp3) is 0.643. The molecule has 0 aliphatic heterocycles. The zero-order valence-corrected chi connectivity index (χ0v) is 24.5. The van der Waals surface area contributed by atoms with E-state index in [2.05, 4.69) is 115 Å². The number of rotatable bonds is 19. The van der Waals surface area contributed by atoms with Crippen molar-refractivity contribution in [3.8, 4) is 0 Å². The summed E-state index contributed by atoms with van der Waals surface area (Å²) >= 11 is 7.73. The molecule has 0 aliphatic carbocycles. The Morgan fingerprint density at radius 2 is 0.941 bits per heavy atom. The van der Waals surface area contributed by atoms with E-state index in [1.165, 1.54) is 75.6 Å². The van der Waals surface area contributed by atoms with Crippen LogP contribution in [0.5, 0.6) is 0 Å². The van der Waals surface area contributed by atoms with Crippen LogP contribution in [0.3, 0.4) is 0 Å². The van der Waals surface area contributed by atoms with Crippen molar-refractivity contribution < 1.29 is 9.13 Å². The van der Waals surface area contributed by atoms with Crippen LogP contribution < -0.4 is 19.8 Å². The van der Waals surface area contributed by atoms with Gasteiger partial charge in [-0.3, -0.25) is 0 Å². The van der Waals surface area contributed by atoms with Crippen LogP contribution in [0.2, 0.25) is 0 Å². The zero-order valence-electron chi connectivity index (χ0n) is 21.3. The van der Waals surface area contributed by atoms with Crippen LogP contribution in [0, 0.1) is 0 Å². The molecule has 34 heavy (non-hydrogen) atoms. The molecule has 0 radical (unpaired) electrons. The lowest BCUT2D eigenvalue weighted by Gasteiger charge is -2.10. The molecule has 6 heteroatoms. The normalized spacial score (nSPS) is 12.9. The van der Waals surface area contributed by atoms with Crippen molar-refractivity contribution in [2.24, 2.45) is 0 Å². The van der Waals surface area contributed by atoms with Gasteiger partial charge in [-0.2, -0.15) is 9.13 Å². The summed E-state index contributed by atoms with van der Waals surface area (Å²) in [5, 5.41) is 7.09. The highest BCUT2D eigenvalue weighted by molar-refractivity contribution is 9.09. The summed E-state index contributed by atoms with van der Waals surface area (Å²) in [7, 11) is 0. The van der Waals surface area contributed by atoms with Crippen LogP contribution in [0.1, 0.15) is 101 Å². The summed E-state index contributed by atoms with van der Waals surface area (Å²) in [4.78, 5) is 0.565. The van der Waals surface area contributed by atoms with Crippen molar-refractivity contribution >= 4 is 43.2 Å². The van der Waals surface area contributed by atoms with Crippen molar-refractivity contribution in [2.75, 3.05) is 23.7 Å². The number of halogens is 2. The van der Waals surface area contributed by atoms with Crippen molar-refractivity contribution in [3.63, 3.8) is 0 Å². The zero-order chi connectivity index (χ0) is 24.4. The van der Waals surface area contributed by atoms with E-state index in [1.807, 2.05) is 0 Å². The molecule has 4 nitrogen and oxygen atoms in total. The molecule has 2 aromatic heterocycles. The minimum atomic E-state index is 0.282. The topological polar surface area (TPSA) is 31.8 Å². The maximum Gasteiger partial charge on any atom is 0.212 e. The monoisotopic (exact) mass is 596 g/mol. The minimum absolute atomic E-state index is 0.282. The van der Waals surface area contributed by atoms with Gasteiger partial charge >= 0.3 is 0 Å². The molecule has 0 bridgehead atoms. The molecule has 0 amide bonds. The van der Waals surface area contributed by atoms with E-state index in [0.717, 1.165) is 25.9 Å². The Morgan fingerprint density at radius 3 is 1.29 bits per heavy atom. The van der Waals surface area contributed by atoms with E-state index in [0.29, 0.717) is 0 Å². The van der Waals surface area contributed by atoms with Gasteiger partial charge in [0.25, 0.3) is 0 Å². The third-order valence-electron chi connectivity index (χ3n) is 6.21. The highest BCUT2D eigenvalue weighted by Gasteiger charge is 2.20. The van der Waals surface area contributed by atoms with Gasteiger partial charge in [0.1, 0.15) is 0 Å². The molecule has 2 atom stereocenters. The van der Waals surface area contributed by atoms with Gasteiger partial charge in [-0.05, 0) is 44.7 Å². The van der Waals surface area contributed by atoms with Gasteiger partial charge in [0.2, 0.25) is 9.90 Å².